The molecule has 1 aromatic carbocycles. The third-order valence-electron chi connectivity index (χ3n) is 3.08. The molecule has 0 aliphatic carbocycles. The van der Waals surface area contributed by atoms with Gasteiger partial charge in [-0.25, -0.2) is 0 Å². The second-order valence-corrected chi connectivity index (χ2v) is 5.35. The van der Waals surface area contributed by atoms with Crippen molar-refractivity contribution >= 4 is 15.9 Å². The van der Waals surface area contributed by atoms with Crippen LogP contribution in [-0.2, 0) is 13.0 Å². The van der Waals surface area contributed by atoms with Crippen LogP contribution in [0.4, 0.5) is 0 Å². The van der Waals surface area contributed by atoms with Crippen LogP contribution in [0.3, 0.4) is 0 Å². The molecule has 2 rings (SSSR count). The maximum absolute atomic E-state index is 5.54. The van der Waals surface area contributed by atoms with Crippen LogP contribution in [0, 0.1) is 6.92 Å². The van der Waals surface area contributed by atoms with Crippen LogP contribution in [0.15, 0.2) is 34.9 Å². The fraction of sp³-hybridized carbons (Fsp3) is 0.357. The van der Waals surface area contributed by atoms with E-state index >= 15 is 0 Å². The molecule has 0 saturated heterocycles. The number of hydrogen-bond donors (Lipinski definition) is 1. The highest BCUT2D eigenvalue weighted by molar-refractivity contribution is 9.10. The lowest BCUT2D eigenvalue weighted by Gasteiger charge is -2.06. The average Bonchev–Trinajstić information content (AvgIpc) is 2.69. The highest BCUT2D eigenvalue weighted by Crippen LogP contribution is 2.15. The molecule has 0 saturated carbocycles. The summed E-state index contributed by atoms with van der Waals surface area (Å²) in [5.74, 6) is 0. The van der Waals surface area contributed by atoms with Crippen molar-refractivity contribution in [2.24, 2.45) is 5.73 Å². The second kappa shape index (κ2) is 6.16. The van der Waals surface area contributed by atoms with E-state index < -0.39 is 0 Å². The third kappa shape index (κ3) is 3.21. The number of rotatable bonds is 5. The average molecular weight is 308 g/mol. The zero-order valence-corrected chi connectivity index (χ0v) is 12.2. The molecule has 2 aromatic rings. The molecule has 2 N–H and O–H groups in total. The van der Waals surface area contributed by atoms with Crippen LogP contribution in [0.5, 0.6) is 0 Å². The fourth-order valence-corrected chi connectivity index (χ4v) is 2.44. The van der Waals surface area contributed by atoms with Crippen molar-refractivity contribution in [3.63, 3.8) is 0 Å². The first-order valence-electron chi connectivity index (χ1n) is 6.16. The highest BCUT2D eigenvalue weighted by atomic mass is 79.9. The largest absolute Gasteiger partial charge is 0.330 e. The minimum absolute atomic E-state index is 0.732. The van der Waals surface area contributed by atoms with Gasteiger partial charge in [0.25, 0.3) is 0 Å². The van der Waals surface area contributed by atoms with Gasteiger partial charge in [0.1, 0.15) is 0 Å². The lowest BCUT2D eigenvalue weighted by atomic mass is 10.1. The normalized spacial score (nSPS) is 10.8. The van der Waals surface area contributed by atoms with Crippen molar-refractivity contribution in [3.8, 4) is 0 Å². The van der Waals surface area contributed by atoms with Crippen molar-refractivity contribution in [2.45, 2.75) is 26.3 Å². The SMILES string of the molecule is Cc1c(CCCN)cnn1Cc1cccc(Br)c1. The van der Waals surface area contributed by atoms with E-state index in [1.165, 1.54) is 16.8 Å². The molecule has 0 fully saturated rings. The molecule has 3 nitrogen and oxygen atoms in total. The summed E-state index contributed by atoms with van der Waals surface area (Å²) in [4.78, 5) is 0. The van der Waals surface area contributed by atoms with Crippen LogP contribution in [0.1, 0.15) is 23.2 Å². The summed E-state index contributed by atoms with van der Waals surface area (Å²) < 4.78 is 3.15. The van der Waals surface area contributed by atoms with Crippen LogP contribution in [0.2, 0.25) is 0 Å². The Morgan fingerprint density at radius 1 is 1.39 bits per heavy atom. The van der Waals surface area contributed by atoms with E-state index in [1.807, 2.05) is 23.0 Å². The smallest absolute Gasteiger partial charge is 0.0662 e. The summed E-state index contributed by atoms with van der Waals surface area (Å²) in [6.07, 6.45) is 3.99. The minimum atomic E-state index is 0.732. The predicted octanol–water partition coefficient (Wildman–Crippen LogP) is 2.89. The number of benzene rings is 1. The Morgan fingerprint density at radius 2 is 2.22 bits per heavy atom. The molecular formula is C14H18BrN3. The molecule has 0 radical (unpaired) electrons. The Hall–Kier alpha value is -1.13. The molecule has 0 bridgehead atoms. The summed E-state index contributed by atoms with van der Waals surface area (Å²) in [6.45, 7) is 3.67. The molecular weight excluding hydrogens is 290 g/mol. The van der Waals surface area contributed by atoms with E-state index in [-0.39, 0.29) is 0 Å². The standard InChI is InChI=1S/C14H18BrN3/c1-11-13(5-3-7-16)9-17-18(11)10-12-4-2-6-14(15)8-12/h2,4,6,8-9H,3,5,7,10,16H2,1H3. The van der Waals surface area contributed by atoms with Crippen molar-refractivity contribution in [2.75, 3.05) is 6.54 Å². The summed E-state index contributed by atoms with van der Waals surface area (Å²) in [7, 11) is 0. The van der Waals surface area contributed by atoms with Crippen molar-refractivity contribution in [1.29, 1.82) is 0 Å². The Morgan fingerprint density at radius 3 is 2.94 bits per heavy atom. The van der Waals surface area contributed by atoms with Gasteiger partial charge in [-0.3, -0.25) is 4.68 Å². The van der Waals surface area contributed by atoms with Gasteiger partial charge in [-0.2, -0.15) is 5.10 Å². The van der Waals surface area contributed by atoms with Gasteiger partial charge in [-0.1, -0.05) is 28.1 Å². The van der Waals surface area contributed by atoms with Gasteiger partial charge >= 0.3 is 0 Å². The Balaban J connectivity index is 2.12. The van der Waals surface area contributed by atoms with Crippen LogP contribution >= 0.6 is 15.9 Å². The molecule has 0 atom stereocenters. The maximum atomic E-state index is 5.54. The van der Waals surface area contributed by atoms with Crippen LogP contribution < -0.4 is 5.73 Å². The summed E-state index contributed by atoms with van der Waals surface area (Å²) in [5.41, 5.74) is 9.33. The summed E-state index contributed by atoms with van der Waals surface area (Å²) >= 11 is 3.49. The van der Waals surface area contributed by atoms with Crippen LogP contribution in [-0.4, -0.2) is 16.3 Å². The molecule has 0 aliphatic heterocycles. The topological polar surface area (TPSA) is 43.8 Å². The second-order valence-electron chi connectivity index (χ2n) is 4.44. The monoisotopic (exact) mass is 307 g/mol. The van der Waals surface area contributed by atoms with E-state index in [9.17, 15) is 0 Å². The minimum Gasteiger partial charge on any atom is -0.330 e. The zero-order valence-electron chi connectivity index (χ0n) is 10.6. The number of halogens is 1. The van der Waals surface area contributed by atoms with Crippen LogP contribution in [0.25, 0.3) is 0 Å². The number of nitrogens with zero attached hydrogens (tertiary/aromatic N) is 2. The van der Waals surface area contributed by atoms with Gasteiger partial charge in [0, 0.05) is 10.2 Å². The molecule has 18 heavy (non-hydrogen) atoms. The Labute approximate surface area is 116 Å². The Kier molecular flexibility index (Phi) is 4.55. The first-order valence-corrected chi connectivity index (χ1v) is 6.96. The number of nitrogens with two attached hydrogens (primary N) is 1. The van der Waals surface area contributed by atoms with Gasteiger partial charge in [0.05, 0.1) is 12.7 Å². The summed E-state index contributed by atoms with van der Waals surface area (Å²) in [6, 6.07) is 8.33. The van der Waals surface area contributed by atoms with Gasteiger partial charge in [-0.15, -0.1) is 0 Å². The van der Waals surface area contributed by atoms with E-state index in [0.29, 0.717) is 0 Å². The fourth-order valence-electron chi connectivity index (χ4n) is 1.99. The van der Waals surface area contributed by atoms with Gasteiger partial charge in [-0.05, 0) is 49.6 Å². The van der Waals surface area contributed by atoms with E-state index in [4.69, 9.17) is 5.73 Å². The molecule has 0 unspecified atom stereocenters. The quantitative estimate of drug-likeness (QED) is 0.923. The van der Waals surface area contributed by atoms with E-state index in [1.54, 1.807) is 0 Å². The molecule has 0 spiro atoms. The number of aryl methyl sites for hydroxylation is 1. The Bertz CT molecular complexity index is 520. The molecule has 0 aliphatic rings. The first kappa shape index (κ1) is 13.3. The number of aromatic nitrogens is 2. The zero-order chi connectivity index (χ0) is 13.0. The van der Waals surface area contributed by atoms with Crippen molar-refractivity contribution in [3.05, 3.63) is 51.8 Å². The van der Waals surface area contributed by atoms with E-state index in [2.05, 4.69) is 40.1 Å². The predicted molar refractivity (Wildman–Crippen MR) is 77.6 cm³/mol. The van der Waals surface area contributed by atoms with Gasteiger partial charge in [0.15, 0.2) is 0 Å². The number of hydrogen-bond acceptors (Lipinski definition) is 2. The van der Waals surface area contributed by atoms with E-state index in [0.717, 1.165) is 30.4 Å². The van der Waals surface area contributed by atoms with Crippen molar-refractivity contribution < 1.29 is 0 Å². The molecule has 1 heterocycles. The molecule has 4 heteroatoms. The van der Waals surface area contributed by atoms with Gasteiger partial charge < -0.3 is 5.73 Å². The van der Waals surface area contributed by atoms with Gasteiger partial charge in [0.2, 0.25) is 0 Å². The molecule has 96 valence electrons. The lowest BCUT2D eigenvalue weighted by molar-refractivity contribution is 0.662. The maximum Gasteiger partial charge on any atom is 0.0662 e. The van der Waals surface area contributed by atoms with Crippen molar-refractivity contribution in [1.82, 2.24) is 9.78 Å². The lowest BCUT2D eigenvalue weighted by Crippen LogP contribution is -2.05. The third-order valence-corrected chi connectivity index (χ3v) is 3.57. The summed E-state index contributed by atoms with van der Waals surface area (Å²) in [5, 5.41) is 4.45. The molecule has 1 aromatic heterocycles. The highest BCUT2D eigenvalue weighted by Gasteiger charge is 2.06. The first-order chi connectivity index (χ1) is 8.70. The molecule has 0 amide bonds.